The lowest BCUT2D eigenvalue weighted by atomic mass is 9.86. The fourth-order valence-corrected chi connectivity index (χ4v) is 3.11. The Labute approximate surface area is 142 Å². The van der Waals surface area contributed by atoms with Gasteiger partial charge >= 0.3 is 6.01 Å². The van der Waals surface area contributed by atoms with Gasteiger partial charge in [0.15, 0.2) is 23.2 Å². The lowest BCUT2D eigenvalue weighted by Gasteiger charge is -2.24. The SMILES string of the molecule is Nc1nc(OCC2CCC2)nc2c1ncn2[C@@H]1O[C@H](CF)[C@@H](O)[C@H]1O. The zero-order valence-corrected chi connectivity index (χ0v) is 13.5. The van der Waals surface area contributed by atoms with E-state index in [-0.39, 0.29) is 11.8 Å². The molecule has 9 nitrogen and oxygen atoms in total. The molecule has 10 heteroatoms. The molecule has 0 aromatic carbocycles. The first-order valence-corrected chi connectivity index (χ1v) is 8.29. The van der Waals surface area contributed by atoms with Crippen molar-refractivity contribution in [2.75, 3.05) is 19.0 Å². The highest BCUT2D eigenvalue weighted by atomic mass is 19.1. The fourth-order valence-electron chi connectivity index (χ4n) is 3.11. The van der Waals surface area contributed by atoms with Crippen molar-refractivity contribution in [2.45, 2.75) is 43.8 Å². The minimum absolute atomic E-state index is 0.119. The molecule has 0 spiro atoms. The summed E-state index contributed by atoms with van der Waals surface area (Å²) in [5.74, 6) is 0.647. The number of anilines is 1. The summed E-state index contributed by atoms with van der Waals surface area (Å²) in [6.07, 6.45) is 0.0560. The molecule has 136 valence electrons. The van der Waals surface area contributed by atoms with Crippen LogP contribution in [0.5, 0.6) is 6.01 Å². The summed E-state index contributed by atoms with van der Waals surface area (Å²) in [7, 11) is 0. The molecule has 0 unspecified atom stereocenters. The molecule has 3 heterocycles. The lowest BCUT2D eigenvalue weighted by Crippen LogP contribution is -2.32. The van der Waals surface area contributed by atoms with E-state index >= 15 is 0 Å². The van der Waals surface area contributed by atoms with Gasteiger partial charge < -0.3 is 25.4 Å². The average molecular weight is 353 g/mol. The fraction of sp³-hybridized carbons (Fsp3) is 0.667. The molecule has 2 aromatic rings. The highest BCUT2D eigenvalue weighted by Gasteiger charge is 2.44. The first-order valence-electron chi connectivity index (χ1n) is 8.29. The van der Waals surface area contributed by atoms with Crippen molar-refractivity contribution in [3.8, 4) is 6.01 Å². The second-order valence-electron chi connectivity index (χ2n) is 6.52. The van der Waals surface area contributed by atoms with Gasteiger partial charge in [-0.25, -0.2) is 9.37 Å². The highest BCUT2D eigenvalue weighted by Crippen LogP contribution is 2.33. The zero-order valence-electron chi connectivity index (χ0n) is 13.5. The predicted octanol–water partition coefficient (Wildman–Crippen LogP) is 0.176. The number of fused-ring (bicyclic) bond motifs is 1. The number of aromatic nitrogens is 4. The second kappa shape index (κ2) is 6.36. The van der Waals surface area contributed by atoms with Crippen LogP contribution in [-0.2, 0) is 4.74 Å². The van der Waals surface area contributed by atoms with E-state index in [1.807, 2.05) is 0 Å². The molecule has 0 radical (unpaired) electrons. The number of aliphatic hydroxyl groups is 2. The van der Waals surface area contributed by atoms with Crippen LogP contribution in [0.2, 0.25) is 0 Å². The summed E-state index contributed by atoms with van der Waals surface area (Å²) >= 11 is 0. The van der Waals surface area contributed by atoms with E-state index in [4.69, 9.17) is 15.2 Å². The van der Waals surface area contributed by atoms with Crippen molar-refractivity contribution in [1.82, 2.24) is 19.5 Å². The van der Waals surface area contributed by atoms with Gasteiger partial charge in [0, 0.05) is 0 Å². The van der Waals surface area contributed by atoms with Crippen molar-refractivity contribution in [3.63, 3.8) is 0 Å². The summed E-state index contributed by atoms with van der Waals surface area (Å²) in [6, 6.07) is 0.119. The molecule has 1 saturated heterocycles. The van der Waals surface area contributed by atoms with E-state index in [2.05, 4.69) is 15.0 Å². The van der Waals surface area contributed by atoms with Gasteiger partial charge in [0.1, 0.15) is 25.0 Å². The summed E-state index contributed by atoms with van der Waals surface area (Å²) < 4.78 is 25.3. The minimum atomic E-state index is -1.33. The first-order chi connectivity index (χ1) is 12.1. The number of ether oxygens (including phenoxy) is 2. The zero-order chi connectivity index (χ0) is 17.6. The van der Waals surface area contributed by atoms with Crippen molar-refractivity contribution in [2.24, 2.45) is 5.92 Å². The van der Waals surface area contributed by atoms with E-state index in [1.165, 1.54) is 17.3 Å². The molecule has 1 aliphatic heterocycles. The topological polar surface area (TPSA) is 129 Å². The molecule has 4 N–H and O–H groups in total. The van der Waals surface area contributed by atoms with Gasteiger partial charge in [-0.3, -0.25) is 4.57 Å². The maximum absolute atomic E-state index is 12.9. The molecule has 2 fully saturated rings. The highest BCUT2D eigenvalue weighted by molar-refractivity contribution is 5.82. The molecule has 2 aliphatic rings. The maximum atomic E-state index is 12.9. The number of hydrogen-bond acceptors (Lipinski definition) is 8. The number of alkyl halides is 1. The third-order valence-electron chi connectivity index (χ3n) is 4.86. The van der Waals surface area contributed by atoms with Crippen LogP contribution in [0.25, 0.3) is 11.2 Å². The Morgan fingerprint density at radius 3 is 2.76 bits per heavy atom. The summed E-state index contributed by atoms with van der Waals surface area (Å²) in [5.41, 5.74) is 6.54. The van der Waals surface area contributed by atoms with E-state index < -0.39 is 31.2 Å². The smallest absolute Gasteiger partial charge is 0.320 e. The third kappa shape index (κ3) is 2.79. The predicted molar refractivity (Wildman–Crippen MR) is 84.5 cm³/mol. The van der Waals surface area contributed by atoms with Gasteiger partial charge in [-0.1, -0.05) is 6.42 Å². The minimum Gasteiger partial charge on any atom is -0.463 e. The number of nitrogen functional groups attached to an aromatic ring is 1. The van der Waals surface area contributed by atoms with Crippen LogP contribution in [0.4, 0.5) is 10.2 Å². The van der Waals surface area contributed by atoms with Gasteiger partial charge in [0.25, 0.3) is 0 Å². The molecule has 0 bridgehead atoms. The van der Waals surface area contributed by atoms with Crippen molar-refractivity contribution >= 4 is 17.0 Å². The van der Waals surface area contributed by atoms with Crippen molar-refractivity contribution < 1.29 is 24.1 Å². The van der Waals surface area contributed by atoms with Gasteiger partial charge in [-0.05, 0) is 18.8 Å². The van der Waals surface area contributed by atoms with Crippen molar-refractivity contribution in [3.05, 3.63) is 6.33 Å². The largest absolute Gasteiger partial charge is 0.463 e. The Bertz CT molecular complexity index is 768. The lowest BCUT2D eigenvalue weighted by molar-refractivity contribution is -0.0409. The van der Waals surface area contributed by atoms with Crippen LogP contribution in [0.3, 0.4) is 0 Å². The molecule has 1 saturated carbocycles. The van der Waals surface area contributed by atoms with Gasteiger partial charge in [-0.2, -0.15) is 9.97 Å². The number of hydrogen-bond donors (Lipinski definition) is 3. The van der Waals surface area contributed by atoms with Gasteiger partial charge in [0.2, 0.25) is 0 Å². The van der Waals surface area contributed by atoms with E-state index in [0.29, 0.717) is 23.7 Å². The maximum Gasteiger partial charge on any atom is 0.320 e. The number of imidazole rings is 1. The van der Waals surface area contributed by atoms with Crippen molar-refractivity contribution in [1.29, 1.82) is 0 Å². The molecule has 25 heavy (non-hydrogen) atoms. The number of nitrogens with two attached hydrogens (primary N) is 1. The van der Waals surface area contributed by atoms with Crippen LogP contribution in [0, 0.1) is 5.92 Å². The molecule has 0 amide bonds. The average Bonchev–Trinajstić information content (AvgIpc) is 3.09. The van der Waals surface area contributed by atoms with E-state index in [0.717, 1.165) is 12.8 Å². The van der Waals surface area contributed by atoms with Crippen LogP contribution in [-0.4, -0.2) is 61.3 Å². The molecular formula is C15H20FN5O4. The number of nitrogens with zero attached hydrogens (tertiary/aromatic N) is 4. The summed E-state index contributed by atoms with van der Waals surface area (Å²) in [4.78, 5) is 12.5. The monoisotopic (exact) mass is 353 g/mol. The molecule has 1 aliphatic carbocycles. The van der Waals surface area contributed by atoms with Crippen LogP contribution in [0.15, 0.2) is 6.33 Å². The standard InChI is InChI=1S/C15H20FN5O4/c16-4-8-10(22)11(23)14(25-8)21-6-18-9-12(17)19-15(20-13(9)21)24-5-7-2-1-3-7/h6-8,10-11,14,22-23H,1-5H2,(H2,17,19,20)/t8-,10-,11-,14-/m1/s1. The van der Waals surface area contributed by atoms with Gasteiger partial charge in [-0.15, -0.1) is 0 Å². The number of halogens is 1. The quantitative estimate of drug-likeness (QED) is 0.694. The molecular weight excluding hydrogens is 333 g/mol. The summed E-state index contributed by atoms with van der Waals surface area (Å²) in [6.45, 7) is -0.390. The van der Waals surface area contributed by atoms with Crippen LogP contribution >= 0.6 is 0 Å². The Morgan fingerprint density at radius 2 is 2.12 bits per heavy atom. The Kier molecular flexibility index (Phi) is 4.18. The number of rotatable bonds is 5. The van der Waals surface area contributed by atoms with Crippen LogP contribution < -0.4 is 10.5 Å². The Hall–Kier alpha value is -2.04. The van der Waals surface area contributed by atoms with E-state index in [1.54, 1.807) is 0 Å². The third-order valence-corrected chi connectivity index (χ3v) is 4.86. The summed E-state index contributed by atoms with van der Waals surface area (Å²) in [5, 5.41) is 20.0. The molecule has 4 atom stereocenters. The van der Waals surface area contributed by atoms with Crippen LogP contribution in [0.1, 0.15) is 25.5 Å². The normalized spacial score (nSPS) is 29.9. The second-order valence-corrected chi connectivity index (χ2v) is 6.52. The van der Waals surface area contributed by atoms with Gasteiger partial charge in [0.05, 0.1) is 12.9 Å². The molecule has 4 rings (SSSR count). The first kappa shape index (κ1) is 16.4. The molecule has 2 aromatic heterocycles. The van der Waals surface area contributed by atoms with E-state index in [9.17, 15) is 14.6 Å². The number of aliphatic hydroxyl groups excluding tert-OH is 2. The Balaban J connectivity index is 1.64. The Morgan fingerprint density at radius 1 is 1.32 bits per heavy atom.